The van der Waals surface area contributed by atoms with Crippen LogP contribution in [0.2, 0.25) is 0 Å². The van der Waals surface area contributed by atoms with Gasteiger partial charge in [0.2, 0.25) is 0 Å². The van der Waals surface area contributed by atoms with Gasteiger partial charge in [0.15, 0.2) is 0 Å². The minimum Gasteiger partial charge on any atom is -0.469 e. The average Bonchev–Trinajstić information content (AvgIpc) is 2.33. The molecule has 0 atom stereocenters. The van der Waals surface area contributed by atoms with Crippen molar-refractivity contribution in [3.8, 4) is 0 Å². The molecule has 0 heterocycles. The number of rotatable bonds is 5. The van der Waals surface area contributed by atoms with Gasteiger partial charge >= 0.3 is 5.97 Å². The smallest absolute Gasteiger partial charge is 0.305 e. The Kier molecular flexibility index (Phi) is 6.13. The first-order valence-electron chi connectivity index (χ1n) is 7.23. The maximum atomic E-state index is 11.0. The van der Waals surface area contributed by atoms with E-state index in [1.807, 2.05) is 0 Å². The molecule has 0 unspecified atom stereocenters. The zero-order chi connectivity index (χ0) is 13.6. The Morgan fingerprint density at radius 3 is 2.33 bits per heavy atom. The Bertz CT molecular complexity index is 250. The molecular weight excluding hydrogens is 226 g/mol. The molecule has 0 aromatic rings. The monoisotopic (exact) mass is 255 g/mol. The van der Waals surface area contributed by atoms with Crippen LogP contribution >= 0.6 is 0 Å². The number of carbonyl (C=O) groups is 1. The summed E-state index contributed by atoms with van der Waals surface area (Å²) in [5, 5.41) is 3.57. The molecule has 0 amide bonds. The van der Waals surface area contributed by atoms with Crippen molar-refractivity contribution in [2.45, 2.75) is 65.3 Å². The van der Waals surface area contributed by atoms with E-state index in [9.17, 15) is 4.79 Å². The highest BCUT2D eigenvalue weighted by molar-refractivity contribution is 5.69. The normalized spacial score (nSPS) is 24.9. The van der Waals surface area contributed by atoms with Gasteiger partial charge in [-0.05, 0) is 50.0 Å². The SMILES string of the molecule is COC(=O)CCCNC1CCC(C(C)(C)C)CC1. The quantitative estimate of drug-likeness (QED) is 0.606. The second-order valence-corrected chi connectivity index (χ2v) is 6.55. The van der Waals surface area contributed by atoms with E-state index in [4.69, 9.17) is 0 Å². The van der Waals surface area contributed by atoms with E-state index < -0.39 is 0 Å². The first-order valence-corrected chi connectivity index (χ1v) is 7.23. The molecule has 0 saturated heterocycles. The van der Waals surface area contributed by atoms with Crippen LogP contribution in [0.15, 0.2) is 0 Å². The highest BCUT2D eigenvalue weighted by Gasteiger charge is 2.29. The summed E-state index contributed by atoms with van der Waals surface area (Å²) in [5.74, 6) is 0.763. The van der Waals surface area contributed by atoms with Crippen molar-refractivity contribution in [3.63, 3.8) is 0 Å². The lowest BCUT2D eigenvalue weighted by atomic mass is 9.71. The summed E-state index contributed by atoms with van der Waals surface area (Å²) >= 11 is 0. The molecule has 3 heteroatoms. The van der Waals surface area contributed by atoms with E-state index in [2.05, 4.69) is 30.8 Å². The van der Waals surface area contributed by atoms with Crippen molar-refractivity contribution < 1.29 is 9.53 Å². The summed E-state index contributed by atoms with van der Waals surface area (Å²) in [6.45, 7) is 7.98. The van der Waals surface area contributed by atoms with Gasteiger partial charge < -0.3 is 10.1 Å². The molecule has 0 spiro atoms. The van der Waals surface area contributed by atoms with Crippen LogP contribution in [0.5, 0.6) is 0 Å². The Morgan fingerprint density at radius 1 is 1.22 bits per heavy atom. The molecule has 18 heavy (non-hydrogen) atoms. The Balaban J connectivity index is 2.11. The van der Waals surface area contributed by atoms with Gasteiger partial charge in [0, 0.05) is 12.5 Å². The first kappa shape index (κ1) is 15.5. The fourth-order valence-electron chi connectivity index (χ4n) is 2.80. The molecule has 0 aliphatic heterocycles. The predicted octanol–water partition coefficient (Wildman–Crippen LogP) is 3.13. The van der Waals surface area contributed by atoms with E-state index in [0.717, 1.165) is 18.9 Å². The van der Waals surface area contributed by atoms with E-state index in [-0.39, 0.29) is 5.97 Å². The summed E-state index contributed by atoms with van der Waals surface area (Å²) in [4.78, 5) is 11.0. The zero-order valence-electron chi connectivity index (χ0n) is 12.4. The number of carbonyl (C=O) groups excluding carboxylic acids is 1. The van der Waals surface area contributed by atoms with Crippen molar-refractivity contribution in [1.29, 1.82) is 0 Å². The van der Waals surface area contributed by atoms with Crippen molar-refractivity contribution in [2.24, 2.45) is 11.3 Å². The van der Waals surface area contributed by atoms with Crippen molar-refractivity contribution in [2.75, 3.05) is 13.7 Å². The third kappa shape index (κ3) is 5.38. The Labute approximate surface area is 112 Å². The van der Waals surface area contributed by atoms with Crippen LogP contribution in [0, 0.1) is 11.3 Å². The van der Waals surface area contributed by atoms with Gasteiger partial charge in [0.05, 0.1) is 7.11 Å². The van der Waals surface area contributed by atoms with E-state index in [0.29, 0.717) is 17.9 Å². The van der Waals surface area contributed by atoms with E-state index >= 15 is 0 Å². The van der Waals surface area contributed by atoms with Gasteiger partial charge in [0.25, 0.3) is 0 Å². The number of nitrogens with one attached hydrogen (secondary N) is 1. The third-order valence-corrected chi connectivity index (χ3v) is 4.17. The lowest BCUT2D eigenvalue weighted by Gasteiger charge is -2.37. The fraction of sp³-hybridized carbons (Fsp3) is 0.933. The molecule has 0 aromatic carbocycles. The van der Waals surface area contributed by atoms with Crippen LogP contribution in [0.4, 0.5) is 0 Å². The van der Waals surface area contributed by atoms with Crippen molar-refractivity contribution in [1.82, 2.24) is 5.32 Å². The number of ether oxygens (including phenoxy) is 1. The van der Waals surface area contributed by atoms with Crippen molar-refractivity contribution in [3.05, 3.63) is 0 Å². The second-order valence-electron chi connectivity index (χ2n) is 6.55. The molecule has 1 N–H and O–H groups in total. The number of methoxy groups -OCH3 is 1. The maximum absolute atomic E-state index is 11.0. The molecule has 1 aliphatic carbocycles. The van der Waals surface area contributed by atoms with E-state index in [1.165, 1.54) is 32.8 Å². The molecule has 1 rings (SSSR count). The first-order chi connectivity index (χ1) is 8.43. The standard InChI is InChI=1S/C15H29NO2/c1-15(2,3)12-7-9-13(10-8-12)16-11-5-6-14(17)18-4/h12-13,16H,5-11H2,1-4H3. The molecule has 1 fully saturated rings. The van der Waals surface area contributed by atoms with Crippen LogP contribution in [0.1, 0.15) is 59.3 Å². The zero-order valence-corrected chi connectivity index (χ0v) is 12.4. The lowest BCUT2D eigenvalue weighted by Crippen LogP contribution is -2.36. The summed E-state index contributed by atoms with van der Waals surface area (Å²) in [6.07, 6.45) is 6.63. The van der Waals surface area contributed by atoms with Crippen LogP contribution in [-0.4, -0.2) is 25.7 Å². The number of esters is 1. The molecular formula is C15H29NO2. The molecule has 0 bridgehead atoms. The third-order valence-electron chi connectivity index (χ3n) is 4.17. The Hall–Kier alpha value is -0.570. The Morgan fingerprint density at radius 2 is 1.83 bits per heavy atom. The van der Waals surface area contributed by atoms with Gasteiger partial charge in [-0.2, -0.15) is 0 Å². The fourth-order valence-corrected chi connectivity index (χ4v) is 2.80. The molecule has 0 aromatic heterocycles. The van der Waals surface area contributed by atoms with Crippen molar-refractivity contribution >= 4 is 5.97 Å². The minimum atomic E-state index is -0.103. The highest BCUT2D eigenvalue weighted by Crippen LogP contribution is 2.37. The minimum absolute atomic E-state index is 0.103. The molecule has 3 nitrogen and oxygen atoms in total. The van der Waals surface area contributed by atoms with Crippen LogP contribution in [-0.2, 0) is 9.53 Å². The number of hydrogen-bond acceptors (Lipinski definition) is 3. The topological polar surface area (TPSA) is 38.3 Å². The molecule has 106 valence electrons. The predicted molar refractivity (Wildman–Crippen MR) is 74.5 cm³/mol. The lowest BCUT2D eigenvalue weighted by molar-refractivity contribution is -0.140. The second kappa shape index (κ2) is 7.13. The molecule has 0 radical (unpaired) electrons. The van der Waals surface area contributed by atoms with E-state index in [1.54, 1.807) is 0 Å². The van der Waals surface area contributed by atoms with Gasteiger partial charge in [0.1, 0.15) is 0 Å². The van der Waals surface area contributed by atoms with Gasteiger partial charge in [-0.3, -0.25) is 4.79 Å². The summed E-state index contributed by atoms with van der Waals surface area (Å²) in [6, 6.07) is 0.654. The summed E-state index contributed by atoms with van der Waals surface area (Å²) in [5.41, 5.74) is 0.454. The average molecular weight is 255 g/mol. The summed E-state index contributed by atoms with van der Waals surface area (Å²) in [7, 11) is 1.45. The summed E-state index contributed by atoms with van der Waals surface area (Å²) < 4.78 is 4.63. The molecule has 1 aliphatic rings. The van der Waals surface area contributed by atoms with Gasteiger partial charge in [-0.15, -0.1) is 0 Å². The van der Waals surface area contributed by atoms with Crippen LogP contribution in [0.25, 0.3) is 0 Å². The van der Waals surface area contributed by atoms with Gasteiger partial charge in [-0.1, -0.05) is 20.8 Å². The maximum Gasteiger partial charge on any atom is 0.305 e. The van der Waals surface area contributed by atoms with Crippen LogP contribution < -0.4 is 5.32 Å². The van der Waals surface area contributed by atoms with Gasteiger partial charge in [-0.25, -0.2) is 0 Å². The number of hydrogen-bond donors (Lipinski definition) is 1. The van der Waals surface area contributed by atoms with Crippen LogP contribution in [0.3, 0.4) is 0 Å². The largest absolute Gasteiger partial charge is 0.469 e. The molecule has 1 saturated carbocycles. The highest BCUT2D eigenvalue weighted by atomic mass is 16.5.